The molecule has 0 unspecified atom stereocenters. The molecular formula is C19H17ClN2O6. The molecule has 3 aromatic rings. The summed E-state index contributed by atoms with van der Waals surface area (Å²) in [7, 11) is 4.53. The maximum Gasteiger partial charge on any atom is 0.340 e. The molecule has 1 aromatic heterocycles. The number of aromatic nitrogens is 2. The molecular weight excluding hydrogens is 388 g/mol. The molecule has 1 heterocycles. The van der Waals surface area contributed by atoms with Crippen molar-refractivity contribution in [3.8, 4) is 28.7 Å². The zero-order valence-electron chi connectivity index (χ0n) is 15.4. The van der Waals surface area contributed by atoms with Crippen LogP contribution in [0.15, 0.2) is 40.8 Å². The summed E-state index contributed by atoms with van der Waals surface area (Å²) in [5.41, 5.74) is 0.819. The Hall–Kier alpha value is -3.26. The van der Waals surface area contributed by atoms with Crippen LogP contribution in [0.5, 0.6) is 17.2 Å². The third-order valence-corrected chi connectivity index (χ3v) is 4.13. The fourth-order valence-corrected chi connectivity index (χ4v) is 2.68. The van der Waals surface area contributed by atoms with Crippen molar-refractivity contribution in [3.63, 3.8) is 0 Å². The molecule has 0 fully saturated rings. The minimum absolute atomic E-state index is 0.129. The van der Waals surface area contributed by atoms with Crippen molar-refractivity contribution >= 4 is 17.6 Å². The van der Waals surface area contributed by atoms with Crippen LogP contribution in [0.2, 0.25) is 5.02 Å². The van der Waals surface area contributed by atoms with E-state index in [2.05, 4.69) is 10.2 Å². The van der Waals surface area contributed by atoms with Crippen LogP contribution < -0.4 is 14.2 Å². The number of hydrogen-bond donors (Lipinski definition) is 0. The van der Waals surface area contributed by atoms with Gasteiger partial charge in [-0.05, 0) is 24.3 Å². The minimum Gasteiger partial charge on any atom is -0.493 e. The fraction of sp³-hybridized carbons (Fsp3) is 0.211. The van der Waals surface area contributed by atoms with Gasteiger partial charge < -0.3 is 23.4 Å². The third kappa shape index (κ3) is 4.01. The molecule has 8 nitrogen and oxygen atoms in total. The topological polar surface area (TPSA) is 92.9 Å². The molecule has 0 radical (unpaired) electrons. The van der Waals surface area contributed by atoms with Crippen molar-refractivity contribution < 1.29 is 28.2 Å². The number of halogens is 1. The maximum absolute atomic E-state index is 12.1. The van der Waals surface area contributed by atoms with Crippen molar-refractivity contribution in [1.29, 1.82) is 0 Å². The number of benzene rings is 2. The lowest BCUT2D eigenvalue weighted by Crippen LogP contribution is -2.06. The number of methoxy groups -OCH3 is 3. The van der Waals surface area contributed by atoms with Crippen LogP contribution in [0.25, 0.3) is 11.5 Å². The molecule has 0 saturated carbocycles. The van der Waals surface area contributed by atoms with Crippen LogP contribution in [-0.2, 0) is 11.3 Å². The zero-order valence-corrected chi connectivity index (χ0v) is 16.1. The molecule has 0 spiro atoms. The van der Waals surface area contributed by atoms with Crippen molar-refractivity contribution in [2.75, 3.05) is 21.3 Å². The summed E-state index contributed by atoms with van der Waals surface area (Å²) >= 11 is 5.98. The summed E-state index contributed by atoms with van der Waals surface area (Å²) in [6.45, 7) is -0.193. The highest BCUT2D eigenvalue weighted by Gasteiger charge is 2.18. The van der Waals surface area contributed by atoms with E-state index in [-0.39, 0.29) is 24.0 Å². The number of ether oxygens (including phenoxy) is 4. The van der Waals surface area contributed by atoms with E-state index in [9.17, 15) is 4.79 Å². The summed E-state index contributed by atoms with van der Waals surface area (Å²) in [5.74, 6) is 1.09. The van der Waals surface area contributed by atoms with E-state index in [1.165, 1.54) is 21.3 Å². The van der Waals surface area contributed by atoms with E-state index in [1.54, 1.807) is 36.4 Å². The second-order valence-corrected chi connectivity index (χ2v) is 5.88. The second kappa shape index (κ2) is 8.62. The minimum atomic E-state index is -0.585. The van der Waals surface area contributed by atoms with Gasteiger partial charge in [0.15, 0.2) is 18.1 Å². The number of rotatable bonds is 7. The van der Waals surface area contributed by atoms with Crippen LogP contribution in [0.1, 0.15) is 16.2 Å². The van der Waals surface area contributed by atoms with Gasteiger partial charge in [0, 0.05) is 5.56 Å². The SMILES string of the molecule is COc1cc(-c2nnc(COC(=O)c3ccccc3Cl)o2)cc(OC)c1OC. The Morgan fingerprint density at radius 1 is 1.04 bits per heavy atom. The first-order valence-corrected chi connectivity index (χ1v) is 8.49. The lowest BCUT2D eigenvalue weighted by Gasteiger charge is -2.12. The quantitative estimate of drug-likeness (QED) is 0.549. The largest absolute Gasteiger partial charge is 0.493 e. The Morgan fingerprint density at radius 3 is 2.32 bits per heavy atom. The van der Waals surface area contributed by atoms with E-state index < -0.39 is 5.97 Å². The molecule has 0 saturated heterocycles. The molecule has 0 aliphatic carbocycles. The highest BCUT2D eigenvalue weighted by molar-refractivity contribution is 6.33. The van der Waals surface area contributed by atoms with Gasteiger partial charge >= 0.3 is 5.97 Å². The van der Waals surface area contributed by atoms with Gasteiger partial charge in [0.25, 0.3) is 5.89 Å². The molecule has 0 N–H and O–H groups in total. The second-order valence-electron chi connectivity index (χ2n) is 5.47. The predicted molar refractivity (Wildman–Crippen MR) is 100.0 cm³/mol. The molecule has 2 aromatic carbocycles. The number of hydrogen-bond acceptors (Lipinski definition) is 8. The Kier molecular flexibility index (Phi) is 6.00. The Morgan fingerprint density at radius 2 is 1.71 bits per heavy atom. The van der Waals surface area contributed by atoms with E-state index >= 15 is 0 Å². The molecule has 0 aliphatic heterocycles. The summed E-state index contributed by atoms with van der Waals surface area (Å²) in [6, 6.07) is 9.94. The summed E-state index contributed by atoms with van der Waals surface area (Å²) in [6.07, 6.45) is 0. The van der Waals surface area contributed by atoms with Gasteiger partial charge in [-0.2, -0.15) is 0 Å². The molecule has 146 valence electrons. The number of carbonyl (C=O) groups excluding carboxylic acids is 1. The summed E-state index contributed by atoms with van der Waals surface area (Å²) in [4.78, 5) is 12.1. The average molecular weight is 405 g/mol. The van der Waals surface area contributed by atoms with Gasteiger partial charge in [0.2, 0.25) is 11.6 Å². The highest BCUT2D eigenvalue weighted by Crippen LogP contribution is 2.40. The van der Waals surface area contributed by atoms with Crippen LogP contribution in [-0.4, -0.2) is 37.5 Å². The Balaban J connectivity index is 1.77. The van der Waals surface area contributed by atoms with Crippen molar-refractivity contribution in [1.82, 2.24) is 10.2 Å². The monoisotopic (exact) mass is 404 g/mol. The van der Waals surface area contributed by atoms with Gasteiger partial charge in [-0.1, -0.05) is 23.7 Å². The Bertz CT molecular complexity index is 963. The molecule has 9 heteroatoms. The molecule has 0 amide bonds. The van der Waals surface area contributed by atoms with Gasteiger partial charge in [0.1, 0.15) is 0 Å². The average Bonchev–Trinajstić information content (AvgIpc) is 3.20. The first-order valence-electron chi connectivity index (χ1n) is 8.11. The van der Waals surface area contributed by atoms with E-state index in [0.717, 1.165) is 0 Å². The highest BCUT2D eigenvalue weighted by atomic mass is 35.5. The molecule has 0 aliphatic rings. The first-order chi connectivity index (χ1) is 13.6. The van der Waals surface area contributed by atoms with Crippen molar-refractivity contribution in [2.45, 2.75) is 6.61 Å². The maximum atomic E-state index is 12.1. The number of carbonyl (C=O) groups is 1. The lowest BCUT2D eigenvalue weighted by molar-refractivity contribution is 0.0439. The van der Waals surface area contributed by atoms with Gasteiger partial charge in [-0.25, -0.2) is 4.79 Å². The lowest BCUT2D eigenvalue weighted by atomic mass is 10.2. The molecule has 0 atom stereocenters. The number of nitrogens with zero attached hydrogens (tertiary/aromatic N) is 2. The fourth-order valence-electron chi connectivity index (χ4n) is 2.46. The third-order valence-electron chi connectivity index (χ3n) is 3.80. The van der Waals surface area contributed by atoms with Gasteiger partial charge in [0.05, 0.1) is 31.9 Å². The molecule has 28 heavy (non-hydrogen) atoms. The van der Waals surface area contributed by atoms with Crippen LogP contribution in [0.4, 0.5) is 0 Å². The molecule has 3 rings (SSSR count). The van der Waals surface area contributed by atoms with Crippen molar-refractivity contribution in [3.05, 3.63) is 52.9 Å². The van der Waals surface area contributed by atoms with E-state index in [0.29, 0.717) is 27.8 Å². The predicted octanol–water partition coefficient (Wildman–Crippen LogP) is 3.77. The number of esters is 1. The van der Waals surface area contributed by atoms with Gasteiger partial charge in [-0.15, -0.1) is 10.2 Å². The summed E-state index contributed by atoms with van der Waals surface area (Å²) in [5, 5.41) is 8.17. The zero-order chi connectivity index (χ0) is 20.1. The Labute approximate surface area is 165 Å². The van der Waals surface area contributed by atoms with Gasteiger partial charge in [-0.3, -0.25) is 0 Å². The van der Waals surface area contributed by atoms with Crippen LogP contribution >= 0.6 is 11.6 Å². The summed E-state index contributed by atoms with van der Waals surface area (Å²) < 4.78 is 26.7. The van der Waals surface area contributed by atoms with E-state index in [4.69, 9.17) is 35.0 Å². The smallest absolute Gasteiger partial charge is 0.340 e. The van der Waals surface area contributed by atoms with Crippen molar-refractivity contribution in [2.24, 2.45) is 0 Å². The van der Waals surface area contributed by atoms with Crippen LogP contribution in [0.3, 0.4) is 0 Å². The first kappa shape index (κ1) is 19.5. The van der Waals surface area contributed by atoms with E-state index in [1.807, 2.05) is 0 Å². The molecule has 0 bridgehead atoms. The van der Waals surface area contributed by atoms with Crippen LogP contribution in [0, 0.1) is 0 Å². The standard InChI is InChI=1S/C19H17ClN2O6/c1-24-14-8-11(9-15(25-2)17(14)26-3)18-22-21-16(28-18)10-27-19(23)12-6-4-5-7-13(12)20/h4-9H,10H2,1-3H3. The normalized spacial score (nSPS) is 10.4.